The molecule has 0 saturated carbocycles. The van der Waals surface area contributed by atoms with Gasteiger partial charge in [0, 0.05) is 18.7 Å². The number of hydrogen-bond acceptors (Lipinski definition) is 6. The third-order valence-electron chi connectivity index (χ3n) is 4.51. The Morgan fingerprint density at radius 3 is 3.08 bits per heavy atom. The quantitative estimate of drug-likeness (QED) is 0.704. The van der Waals surface area contributed by atoms with Gasteiger partial charge in [-0.1, -0.05) is 11.8 Å². The Balaban J connectivity index is 1.61. The third kappa shape index (κ3) is 3.26. The molecule has 4 heterocycles. The second-order valence-electron chi connectivity index (χ2n) is 6.34. The Labute approximate surface area is 153 Å². The summed E-state index contributed by atoms with van der Waals surface area (Å²) in [5.74, 6) is 1.24. The molecule has 3 aromatic heterocycles. The Morgan fingerprint density at radius 2 is 2.31 bits per heavy atom. The second-order valence-corrected chi connectivity index (χ2v) is 7.28. The summed E-state index contributed by atoms with van der Waals surface area (Å²) in [6.45, 7) is 2.89. The van der Waals surface area contributed by atoms with Crippen molar-refractivity contribution in [1.82, 2.24) is 24.5 Å². The van der Waals surface area contributed by atoms with E-state index in [0.717, 1.165) is 19.4 Å². The number of aromatic amines is 1. The van der Waals surface area contributed by atoms with E-state index in [1.54, 1.807) is 18.4 Å². The lowest BCUT2D eigenvalue weighted by molar-refractivity contribution is -0.131. The minimum absolute atomic E-state index is 0.0861. The molecule has 136 valence electrons. The zero-order valence-electron chi connectivity index (χ0n) is 14.3. The zero-order valence-corrected chi connectivity index (χ0v) is 15.2. The predicted molar refractivity (Wildman–Crippen MR) is 97.1 cm³/mol. The number of hydrogen-bond donors (Lipinski definition) is 1. The summed E-state index contributed by atoms with van der Waals surface area (Å²) in [7, 11) is 0. The summed E-state index contributed by atoms with van der Waals surface area (Å²) in [4.78, 5) is 35.1. The van der Waals surface area contributed by atoms with E-state index in [4.69, 9.17) is 4.42 Å². The maximum absolute atomic E-state index is 12.6. The van der Waals surface area contributed by atoms with Crippen molar-refractivity contribution in [2.75, 3.05) is 12.3 Å². The van der Waals surface area contributed by atoms with E-state index in [1.165, 1.54) is 28.8 Å². The van der Waals surface area contributed by atoms with Crippen molar-refractivity contribution in [1.29, 1.82) is 0 Å². The summed E-state index contributed by atoms with van der Waals surface area (Å²) in [6, 6.07) is 5.17. The van der Waals surface area contributed by atoms with Crippen LogP contribution in [0, 0.1) is 0 Å². The van der Waals surface area contributed by atoms with Gasteiger partial charge in [0.05, 0.1) is 12.0 Å². The lowest BCUT2D eigenvalue weighted by Gasteiger charge is -2.33. The first-order valence-electron chi connectivity index (χ1n) is 8.58. The molecule has 0 radical (unpaired) electrons. The highest BCUT2D eigenvalue weighted by atomic mass is 32.2. The van der Waals surface area contributed by atoms with Crippen molar-refractivity contribution < 1.29 is 9.21 Å². The maximum Gasteiger partial charge on any atom is 0.266 e. The molecule has 0 spiro atoms. The average Bonchev–Trinajstić information content (AvgIpc) is 3.28. The van der Waals surface area contributed by atoms with Crippen molar-refractivity contribution in [3.63, 3.8) is 0 Å². The van der Waals surface area contributed by atoms with Gasteiger partial charge in [-0.25, -0.2) is 9.50 Å². The van der Waals surface area contributed by atoms with Gasteiger partial charge in [0.1, 0.15) is 0 Å². The molecular weight excluding hydrogens is 354 g/mol. The number of H-pyrrole nitrogens is 1. The molecule has 1 aliphatic rings. The van der Waals surface area contributed by atoms with E-state index in [1.807, 2.05) is 4.90 Å². The molecule has 1 aliphatic heterocycles. The van der Waals surface area contributed by atoms with Crippen LogP contribution in [-0.2, 0) is 4.79 Å². The van der Waals surface area contributed by atoms with Crippen LogP contribution in [-0.4, -0.2) is 48.7 Å². The lowest BCUT2D eigenvalue weighted by atomic mass is 10.0. The molecular formula is C17H19N5O3S. The number of thioether (sulfide) groups is 1. The fraction of sp³-hybridized carbons (Fsp3) is 0.412. The molecule has 0 bridgehead atoms. The van der Waals surface area contributed by atoms with Crippen molar-refractivity contribution in [3.05, 3.63) is 34.8 Å². The Bertz CT molecular complexity index is 978. The molecule has 0 aromatic carbocycles. The molecule has 1 N–H and O–H groups in total. The van der Waals surface area contributed by atoms with Crippen LogP contribution < -0.4 is 5.56 Å². The Kier molecular flexibility index (Phi) is 4.54. The highest BCUT2D eigenvalue weighted by Gasteiger charge is 2.23. The number of rotatable bonds is 4. The standard InChI is InChI=1S/C17H19N5O3S/c1-11-5-2-3-7-21(11)15(24)10-26-17-19-16(12-6-4-8-25-12)18-13-9-14(23)20-22(13)17/h4,6,8-9,11H,2-3,5,7,10H2,1H3,(H,20,23). The molecule has 0 aliphatic carbocycles. The fourth-order valence-electron chi connectivity index (χ4n) is 3.17. The average molecular weight is 373 g/mol. The zero-order chi connectivity index (χ0) is 18.1. The largest absolute Gasteiger partial charge is 0.461 e. The number of likely N-dealkylation sites (tertiary alicyclic amines) is 1. The number of carbonyl (C=O) groups is 1. The SMILES string of the molecule is CC1CCCCN1C(=O)CSc1nc(-c2ccco2)nc2cc(=O)[nH]n12. The number of nitrogens with zero attached hydrogens (tertiary/aromatic N) is 4. The minimum Gasteiger partial charge on any atom is -0.461 e. The second kappa shape index (κ2) is 6.99. The van der Waals surface area contributed by atoms with E-state index in [2.05, 4.69) is 22.0 Å². The number of amides is 1. The van der Waals surface area contributed by atoms with E-state index in [9.17, 15) is 9.59 Å². The normalized spacial score (nSPS) is 17.7. The van der Waals surface area contributed by atoms with Crippen LogP contribution in [0.5, 0.6) is 0 Å². The summed E-state index contributed by atoms with van der Waals surface area (Å²) in [5.41, 5.74) is 0.173. The van der Waals surface area contributed by atoms with E-state index < -0.39 is 0 Å². The van der Waals surface area contributed by atoms with Gasteiger partial charge in [0.25, 0.3) is 5.56 Å². The van der Waals surface area contributed by atoms with Gasteiger partial charge in [-0.3, -0.25) is 14.7 Å². The van der Waals surface area contributed by atoms with E-state index >= 15 is 0 Å². The lowest BCUT2D eigenvalue weighted by Crippen LogP contribution is -2.43. The fourth-order valence-corrected chi connectivity index (χ4v) is 4.01. The number of fused-ring (bicyclic) bond motifs is 1. The molecule has 1 fully saturated rings. The molecule has 3 aromatic rings. The van der Waals surface area contributed by atoms with Crippen LogP contribution in [0.3, 0.4) is 0 Å². The summed E-state index contributed by atoms with van der Waals surface area (Å²) in [5, 5.41) is 3.17. The molecule has 26 heavy (non-hydrogen) atoms. The van der Waals surface area contributed by atoms with Gasteiger partial charge in [-0.15, -0.1) is 0 Å². The number of carbonyl (C=O) groups excluding carboxylic acids is 1. The van der Waals surface area contributed by atoms with Crippen LogP contribution in [0.25, 0.3) is 17.2 Å². The van der Waals surface area contributed by atoms with Gasteiger partial charge < -0.3 is 9.32 Å². The maximum atomic E-state index is 12.6. The highest BCUT2D eigenvalue weighted by Crippen LogP contribution is 2.23. The topological polar surface area (TPSA) is 96.5 Å². The van der Waals surface area contributed by atoms with Crippen LogP contribution in [0.1, 0.15) is 26.2 Å². The number of nitrogens with one attached hydrogen (secondary N) is 1. The summed E-state index contributed by atoms with van der Waals surface area (Å²) >= 11 is 1.29. The smallest absolute Gasteiger partial charge is 0.266 e. The van der Waals surface area contributed by atoms with Crippen molar-refractivity contribution in [2.24, 2.45) is 0 Å². The van der Waals surface area contributed by atoms with Gasteiger partial charge in [0.2, 0.25) is 5.91 Å². The summed E-state index contributed by atoms with van der Waals surface area (Å²) in [6.07, 6.45) is 4.80. The molecule has 1 amide bonds. The first-order chi connectivity index (χ1) is 12.6. The van der Waals surface area contributed by atoms with E-state index in [-0.39, 0.29) is 23.3 Å². The van der Waals surface area contributed by atoms with Crippen LogP contribution in [0.15, 0.2) is 38.8 Å². The van der Waals surface area contributed by atoms with Gasteiger partial charge >= 0.3 is 0 Å². The number of piperidine rings is 1. The Hall–Kier alpha value is -2.55. The van der Waals surface area contributed by atoms with Crippen molar-refractivity contribution in [3.8, 4) is 11.6 Å². The number of furan rings is 1. The Morgan fingerprint density at radius 1 is 1.42 bits per heavy atom. The molecule has 1 saturated heterocycles. The number of aromatic nitrogens is 4. The van der Waals surface area contributed by atoms with Crippen molar-refractivity contribution in [2.45, 2.75) is 37.4 Å². The monoisotopic (exact) mass is 373 g/mol. The first-order valence-corrected chi connectivity index (χ1v) is 9.56. The first kappa shape index (κ1) is 16.9. The molecule has 1 atom stereocenters. The highest BCUT2D eigenvalue weighted by molar-refractivity contribution is 7.99. The van der Waals surface area contributed by atoms with Crippen LogP contribution in [0.2, 0.25) is 0 Å². The molecule has 9 heteroatoms. The van der Waals surface area contributed by atoms with Crippen molar-refractivity contribution >= 4 is 23.3 Å². The molecule has 8 nitrogen and oxygen atoms in total. The summed E-state index contributed by atoms with van der Waals surface area (Å²) < 4.78 is 6.86. The minimum atomic E-state index is -0.270. The van der Waals surface area contributed by atoms with Gasteiger partial charge in [0.15, 0.2) is 22.4 Å². The van der Waals surface area contributed by atoms with E-state index in [0.29, 0.717) is 22.4 Å². The predicted octanol–water partition coefficient (Wildman–Crippen LogP) is 2.17. The van der Waals surface area contributed by atoms with Gasteiger partial charge in [-0.05, 0) is 38.3 Å². The molecule has 1 unspecified atom stereocenters. The van der Waals surface area contributed by atoms with Gasteiger partial charge in [-0.2, -0.15) is 4.98 Å². The van der Waals surface area contributed by atoms with Crippen LogP contribution >= 0.6 is 11.8 Å². The molecule has 4 rings (SSSR count). The third-order valence-corrected chi connectivity index (χ3v) is 5.44. The van der Waals surface area contributed by atoms with Crippen LogP contribution in [0.4, 0.5) is 0 Å².